The first-order chi connectivity index (χ1) is 5.72. The van der Waals surface area contributed by atoms with E-state index in [2.05, 4.69) is 20.9 Å². The summed E-state index contributed by atoms with van der Waals surface area (Å²) in [4.78, 5) is 4.22. The highest BCUT2D eigenvalue weighted by molar-refractivity contribution is 9.10. The van der Waals surface area contributed by atoms with Crippen LogP contribution in [0.15, 0.2) is 28.5 Å². The number of aromatic nitrogens is 1. The highest BCUT2D eigenvalue weighted by Gasteiger charge is 1.91. The quantitative estimate of drug-likeness (QED) is 0.788. The molecule has 12 heavy (non-hydrogen) atoms. The van der Waals surface area contributed by atoms with Crippen molar-refractivity contribution in [2.45, 2.75) is 13.3 Å². The number of rotatable bonds is 2. The minimum absolute atomic E-state index is 0.833. The summed E-state index contributed by atoms with van der Waals surface area (Å²) in [5.74, 6) is 0. The Morgan fingerprint density at radius 3 is 3.00 bits per heavy atom. The highest BCUT2D eigenvalue weighted by Crippen LogP contribution is 2.08. The molecule has 0 unspecified atom stereocenters. The molecule has 0 bridgehead atoms. The van der Waals surface area contributed by atoms with Crippen LogP contribution in [0.1, 0.15) is 19.0 Å². The van der Waals surface area contributed by atoms with Crippen LogP contribution < -0.4 is 5.73 Å². The van der Waals surface area contributed by atoms with E-state index in [0.717, 1.165) is 22.4 Å². The Hall–Kier alpha value is -0.830. The van der Waals surface area contributed by atoms with Crippen LogP contribution in [0.25, 0.3) is 6.08 Å². The molecule has 0 saturated heterocycles. The smallest absolute Gasteiger partial charge is 0.106 e. The van der Waals surface area contributed by atoms with E-state index in [1.165, 1.54) is 0 Å². The summed E-state index contributed by atoms with van der Waals surface area (Å²) < 4.78 is 0.833. The summed E-state index contributed by atoms with van der Waals surface area (Å²) in [6.45, 7) is 2.02. The number of hydrogen-bond acceptors (Lipinski definition) is 2. The number of nitrogens with two attached hydrogens (primary N) is 1. The molecule has 0 aliphatic rings. The van der Waals surface area contributed by atoms with Crippen molar-refractivity contribution in [3.63, 3.8) is 0 Å². The van der Waals surface area contributed by atoms with Crippen molar-refractivity contribution in [2.75, 3.05) is 0 Å². The molecule has 0 aliphatic heterocycles. The van der Waals surface area contributed by atoms with Crippen molar-refractivity contribution in [1.82, 2.24) is 4.98 Å². The lowest BCUT2D eigenvalue weighted by Crippen LogP contribution is -1.94. The van der Waals surface area contributed by atoms with Crippen molar-refractivity contribution >= 4 is 22.0 Å². The third-order valence-electron chi connectivity index (χ3n) is 1.48. The van der Waals surface area contributed by atoms with Gasteiger partial charge in [0.25, 0.3) is 0 Å². The Labute approximate surface area is 80.6 Å². The van der Waals surface area contributed by atoms with Gasteiger partial charge in [-0.2, -0.15) is 0 Å². The molecule has 2 N–H and O–H groups in total. The molecule has 1 rings (SSSR count). The Kier molecular flexibility index (Phi) is 3.29. The van der Waals surface area contributed by atoms with Crippen molar-refractivity contribution in [3.05, 3.63) is 34.2 Å². The Bertz CT molecular complexity index is 294. The second-order valence-electron chi connectivity index (χ2n) is 2.46. The molecular weight excluding hydrogens is 216 g/mol. The first kappa shape index (κ1) is 9.26. The van der Waals surface area contributed by atoms with E-state index in [9.17, 15) is 0 Å². The molecule has 1 aromatic rings. The largest absolute Gasteiger partial charge is 0.402 e. The Morgan fingerprint density at radius 1 is 1.67 bits per heavy atom. The number of halogens is 1. The zero-order chi connectivity index (χ0) is 8.97. The van der Waals surface area contributed by atoms with E-state index in [0.29, 0.717) is 0 Å². The van der Waals surface area contributed by atoms with Crippen molar-refractivity contribution in [3.8, 4) is 0 Å². The predicted molar refractivity (Wildman–Crippen MR) is 54.4 cm³/mol. The topological polar surface area (TPSA) is 38.9 Å². The van der Waals surface area contributed by atoms with Gasteiger partial charge in [-0.25, -0.2) is 4.98 Å². The normalized spacial score (nSPS) is 11.7. The molecular formula is C9H11BrN2. The van der Waals surface area contributed by atoms with Crippen LogP contribution in [0.3, 0.4) is 0 Å². The zero-order valence-electron chi connectivity index (χ0n) is 6.92. The van der Waals surface area contributed by atoms with Crippen molar-refractivity contribution in [1.29, 1.82) is 0 Å². The fourth-order valence-electron chi connectivity index (χ4n) is 0.796. The second kappa shape index (κ2) is 4.26. The SMILES string of the molecule is CCC(N)=Cc1cccc(Br)n1. The summed E-state index contributed by atoms with van der Waals surface area (Å²) in [7, 11) is 0. The Morgan fingerprint density at radius 2 is 2.42 bits per heavy atom. The summed E-state index contributed by atoms with van der Waals surface area (Å²) >= 11 is 3.29. The average molecular weight is 227 g/mol. The van der Waals surface area contributed by atoms with Crippen LogP contribution in [0.2, 0.25) is 0 Å². The zero-order valence-corrected chi connectivity index (χ0v) is 8.51. The molecule has 64 valence electrons. The van der Waals surface area contributed by atoms with Crippen molar-refractivity contribution < 1.29 is 0 Å². The van der Waals surface area contributed by atoms with E-state index < -0.39 is 0 Å². The standard InChI is InChI=1S/C9H11BrN2/c1-2-7(11)6-8-4-3-5-9(10)12-8/h3-6H,2,11H2,1H3. The maximum Gasteiger partial charge on any atom is 0.106 e. The lowest BCUT2D eigenvalue weighted by Gasteiger charge is -1.96. The van der Waals surface area contributed by atoms with Gasteiger partial charge in [0.2, 0.25) is 0 Å². The van der Waals surface area contributed by atoms with Gasteiger partial charge in [0, 0.05) is 5.70 Å². The molecule has 2 nitrogen and oxygen atoms in total. The monoisotopic (exact) mass is 226 g/mol. The summed E-state index contributed by atoms with van der Waals surface area (Å²) in [6, 6.07) is 5.75. The summed E-state index contributed by atoms with van der Waals surface area (Å²) in [5.41, 5.74) is 7.40. The van der Waals surface area contributed by atoms with Crippen LogP contribution in [-0.4, -0.2) is 4.98 Å². The van der Waals surface area contributed by atoms with E-state index >= 15 is 0 Å². The maximum atomic E-state index is 5.66. The molecule has 0 fully saturated rings. The lowest BCUT2D eigenvalue weighted by molar-refractivity contribution is 1.08. The van der Waals surface area contributed by atoms with Crippen molar-refractivity contribution in [2.24, 2.45) is 5.73 Å². The molecule has 0 aliphatic carbocycles. The fraction of sp³-hybridized carbons (Fsp3) is 0.222. The van der Waals surface area contributed by atoms with E-state index in [1.807, 2.05) is 31.2 Å². The first-order valence-electron chi connectivity index (χ1n) is 3.81. The minimum atomic E-state index is 0.833. The highest BCUT2D eigenvalue weighted by atomic mass is 79.9. The molecule has 0 radical (unpaired) electrons. The molecule has 3 heteroatoms. The number of allylic oxidation sites excluding steroid dienone is 1. The van der Waals surface area contributed by atoms with Gasteiger partial charge in [-0.1, -0.05) is 13.0 Å². The van der Waals surface area contributed by atoms with Gasteiger partial charge in [-0.15, -0.1) is 0 Å². The fourth-order valence-corrected chi connectivity index (χ4v) is 1.15. The van der Waals surface area contributed by atoms with Gasteiger partial charge in [0.15, 0.2) is 0 Å². The number of pyridine rings is 1. The van der Waals surface area contributed by atoms with Crippen LogP contribution in [0.4, 0.5) is 0 Å². The van der Waals surface area contributed by atoms with Gasteiger partial charge in [-0.3, -0.25) is 0 Å². The van der Waals surface area contributed by atoms with Gasteiger partial charge < -0.3 is 5.73 Å². The third kappa shape index (κ3) is 2.66. The van der Waals surface area contributed by atoms with Crippen LogP contribution in [-0.2, 0) is 0 Å². The number of hydrogen-bond donors (Lipinski definition) is 1. The van der Waals surface area contributed by atoms with Crippen LogP contribution in [0.5, 0.6) is 0 Å². The van der Waals surface area contributed by atoms with Gasteiger partial charge in [0.05, 0.1) is 5.69 Å². The van der Waals surface area contributed by atoms with Gasteiger partial charge >= 0.3 is 0 Å². The van der Waals surface area contributed by atoms with Gasteiger partial charge in [0.1, 0.15) is 4.60 Å². The predicted octanol–water partition coefficient (Wildman–Crippen LogP) is 2.55. The minimum Gasteiger partial charge on any atom is -0.402 e. The molecule has 0 saturated carbocycles. The Balaban J connectivity index is 2.89. The van der Waals surface area contributed by atoms with E-state index in [-0.39, 0.29) is 0 Å². The molecule has 0 amide bonds. The maximum absolute atomic E-state index is 5.66. The van der Waals surface area contributed by atoms with Gasteiger partial charge in [-0.05, 0) is 40.6 Å². The molecule has 0 spiro atoms. The van der Waals surface area contributed by atoms with E-state index in [1.54, 1.807) is 0 Å². The number of nitrogens with zero attached hydrogens (tertiary/aromatic N) is 1. The van der Waals surface area contributed by atoms with Crippen LogP contribution in [0, 0.1) is 0 Å². The molecule has 0 aromatic carbocycles. The van der Waals surface area contributed by atoms with Crippen LogP contribution >= 0.6 is 15.9 Å². The third-order valence-corrected chi connectivity index (χ3v) is 1.92. The summed E-state index contributed by atoms with van der Waals surface area (Å²) in [5, 5.41) is 0. The summed E-state index contributed by atoms with van der Waals surface area (Å²) in [6.07, 6.45) is 2.74. The van der Waals surface area contributed by atoms with E-state index in [4.69, 9.17) is 5.73 Å². The lowest BCUT2D eigenvalue weighted by atomic mass is 10.2. The molecule has 0 atom stereocenters. The molecule has 1 aromatic heterocycles. The first-order valence-corrected chi connectivity index (χ1v) is 4.60. The molecule has 1 heterocycles. The average Bonchev–Trinajstić information content (AvgIpc) is 2.04. The second-order valence-corrected chi connectivity index (χ2v) is 3.27.